The summed E-state index contributed by atoms with van der Waals surface area (Å²) in [6, 6.07) is 8.24. The van der Waals surface area contributed by atoms with E-state index in [1.165, 1.54) is 0 Å². The molecule has 0 bridgehead atoms. The van der Waals surface area contributed by atoms with Crippen LogP contribution in [0.25, 0.3) is 0 Å². The Morgan fingerprint density at radius 2 is 2.08 bits per heavy atom. The monoisotopic (exact) mass is 347 g/mol. The van der Waals surface area contributed by atoms with E-state index in [9.17, 15) is 4.79 Å². The summed E-state index contributed by atoms with van der Waals surface area (Å²) in [7, 11) is 0. The van der Waals surface area contributed by atoms with E-state index in [0.29, 0.717) is 26.2 Å². The number of amides is 1. The SMILES string of the molecule is CCNC(=NCc1ccc(N2CCNC(=O)C2)cc1)NCCOCC. The zero-order chi connectivity index (χ0) is 17.9. The maximum Gasteiger partial charge on any atom is 0.239 e. The number of carbonyl (C=O) groups excluding carboxylic acids is 1. The number of benzene rings is 1. The third-order valence-corrected chi connectivity index (χ3v) is 3.85. The minimum absolute atomic E-state index is 0.0772. The van der Waals surface area contributed by atoms with Gasteiger partial charge in [0.25, 0.3) is 0 Å². The Labute approximate surface area is 149 Å². The summed E-state index contributed by atoms with van der Waals surface area (Å²) >= 11 is 0. The predicted octanol–water partition coefficient (Wildman–Crippen LogP) is 0.714. The number of nitrogens with zero attached hydrogens (tertiary/aromatic N) is 2. The second-order valence-electron chi connectivity index (χ2n) is 5.76. The summed E-state index contributed by atoms with van der Waals surface area (Å²) in [5.41, 5.74) is 2.21. The van der Waals surface area contributed by atoms with E-state index in [0.717, 1.165) is 43.5 Å². The number of hydrogen-bond acceptors (Lipinski definition) is 4. The van der Waals surface area contributed by atoms with Gasteiger partial charge in [-0.3, -0.25) is 4.79 Å². The Kier molecular flexibility index (Phi) is 8.04. The maximum absolute atomic E-state index is 11.5. The molecule has 0 atom stereocenters. The van der Waals surface area contributed by atoms with E-state index < -0.39 is 0 Å². The van der Waals surface area contributed by atoms with Crippen molar-refractivity contribution in [2.24, 2.45) is 4.99 Å². The topological polar surface area (TPSA) is 78.0 Å². The normalized spacial score (nSPS) is 15.0. The van der Waals surface area contributed by atoms with E-state index in [1.54, 1.807) is 0 Å². The molecule has 0 spiro atoms. The highest BCUT2D eigenvalue weighted by Gasteiger charge is 2.16. The molecule has 2 rings (SSSR count). The van der Waals surface area contributed by atoms with Crippen molar-refractivity contribution in [3.63, 3.8) is 0 Å². The molecular formula is C18H29N5O2. The number of carbonyl (C=O) groups is 1. The van der Waals surface area contributed by atoms with Gasteiger partial charge in [-0.25, -0.2) is 4.99 Å². The quantitative estimate of drug-likeness (QED) is 0.367. The molecular weight excluding hydrogens is 318 g/mol. The van der Waals surface area contributed by atoms with Crippen LogP contribution in [0.5, 0.6) is 0 Å². The summed E-state index contributed by atoms with van der Waals surface area (Å²) in [4.78, 5) is 18.2. The van der Waals surface area contributed by atoms with Gasteiger partial charge in [0.1, 0.15) is 0 Å². The molecule has 0 aromatic heterocycles. The minimum Gasteiger partial charge on any atom is -0.380 e. The van der Waals surface area contributed by atoms with Gasteiger partial charge in [0, 0.05) is 38.5 Å². The average molecular weight is 347 g/mol. The second kappa shape index (κ2) is 10.6. The van der Waals surface area contributed by atoms with Crippen molar-refractivity contribution in [2.75, 3.05) is 50.8 Å². The van der Waals surface area contributed by atoms with Crippen LogP contribution in [0.15, 0.2) is 29.3 Å². The van der Waals surface area contributed by atoms with E-state index >= 15 is 0 Å². The Hall–Kier alpha value is -2.28. The van der Waals surface area contributed by atoms with Gasteiger partial charge in [0.15, 0.2) is 5.96 Å². The standard InChI is InChI=1S/C18H29N5O2/c1-3-19-18(21-10-12-25-4-2)22-13-15-5-7-16(8-6-15)23-11-9-20-17(24)14-23/h5-8H,3-4,9-14H2,1-2H3,(H,20,24)(H2,19,21,22). The Morgan fingerprint density at radius 1 is 1.28 bits per heavy atom. The number of ether oxygens (including phenoxy) is 1. The Balaban J connectivity index is 1.88. The number of rotatable bonds is 8. The first kappa shape index (κ1) is 19.1. The van der Waals surface area contributed by atoms with Crippen molar-refractivity contribution in [2.45, 2.75) is 20.4 Å². The number of piperazine rings is 1. The van der Waals surface area contributed by atoms with Crippen LogP contribution in [0.3, 0.4) is 0 Å². The van der Waals surface area contributed by atoms with Gasteiger partial charge in [-0.15, -0.1) is 0 Å². The predicted molar refractivity (Wildman–Crippen MR) is 101 cm³/mol. The Morgan fingerprint density at radius 3 is 2.76 bits per heavy atom. The molecule has 1 heterocycles. The van der Waals surface area contributed by atoms with Crippen LogP contribution in [0.1, 0.15) is 19.4 Å². The van der Waals surface area contributed by atoms with Crippen LogP contribution in [-0.4, -0.2) is 57.8 Å². The molecule has 1 aliphatic heterocycles. The van der Waals surface area contributed by atoms with Crippen LogP contribution in [0.2, 0.25) is 0 Å². The highest BCUT2D eigenvalue weighted by atomic mass is 16.5. The molecule has 0 radical (unpaired) electrons. The second-order valence-corrected chi connectivity index (χ2v) is 5.76. The molecule has 7 nitrogen and oxygen atoms in total. The number of nitrogens with one attached hydrogen (secondary N) is 3. The van der Waals surface area contributed by atoms with Crippen LogP contribution in [-0.2, 0) is 16.1 Å². The molecule has 3 N–H and O–H groups in total. The number of anilines is 1. The summed E-state index contributed by atoms with van der Waals surface area (Å²) in [6.45, 7) is 9.53. The highest BCUT2D eigenvalue weighted by molar-refractivity contribution is 5.82. The van der Waals surface area contributed by atoms with Gasteiger partial charge in [-0.1, -0.05) is 12.1 Å². The zero-order valence-electron chi connectivity index (χ0n) is 15.2. The van der Waals surface area contributed by atoms with Crippen LogP contribution in [0.4, 0.5) is 5.69 Å². The van der Waals surface area contributed by atoms with Crippen molar-refractivity contribution in [1.29, 1.82) is 0 Å². The average Bonchev–Trinajstić information content (AvgIpc) is 2.63. The van der Waals surface area contributed by atoms with Crippen LogP contribution >= 0.6 is 0 Å². The molecule has 138 valence electrons. The largest absolute Gasteiger partial charge is 0.380 e. The lowest BCUT2D eigenvalue weighted by Crippen LogP contribution is -2.47. The van der Waals surface area contributed by atoms with Gasteiger partial charge >= 0.3 is 0 Å². The number of aliphatic imine (C=N–C) groups is 1. The molecule has 1 amide bonds. The van der Waals surface area contributed by atoms with Gasteiger partial charge in [-0.05, 0) is 31.5 Å². The molecule has 1 fully saturated rings. The molecule has 25 heavy (non-hydrogen) atoms. The molecule has 0 unspecified atom stereocenters. The summed E-state index contributed by atoms with van der Waals surface area (Å²) in [5.74, 6) is 0.868. The minimum atomic E-state index is 0.0772. The van der Waals surface area contributed by atoms with E-state index in [2.05, 4.69) is 50.1 Å². The first-order valence-corrected chi connectivity index (χ1v) is 8.93. The maximum atomic E-state index is 11.5. The van der Waals surface area contributed by atoms with Gasteiger partial charge in [0.05, 0.1) is 19.7 Å². The van der Waals surface area contributed by atoms with Crippen molar-refractivity contribution in [1.82, 2.24) is 16.0 Å². The first-order chi connectivity index (χ1) is 12.2. The number of guanidine groups is 1. The molecule has 1 aromatic carbocycles. The molecule has 1 aromatic rings. The summed E-state index contributed by atoms with van der Waals surface area (Å²) < 4.78 is 5.32. The van der Waals surface area contributed by atoms with Gasteiger partial charge in [-0.2, -0.15) is 0 Å². The van der Waals surface area contributed by atoms with E-state index in [-0.39, 0.29) is 5.91 Å². The zero-order valence-corrected chi connectivity index (χ0v) is 15.2. The van der Waals surface area contributed by atoms with Crippen molar-refractivity contribution in [3.05, 3.63) is 29.8 Å². The fourth-order valence-electron chi connectivity index (χ4n) is 2.57. The van der Waals surface area contributed by atoms with Crippen LogP contribution < -0.4 is 20.9 Å². The fraction of sp³-hybridized carbons (Fsp3) is 0.556. The third-order valence-electron chi connectivity index (χ3n) is 3.85. The van der Waals surface area contributed by atoms with E-state index in [4.69, 9.17) is 4.74 Å². The lowest BCUT2D eigenvalue weighted by atomic mass is 10.2. The van der Waals surface area contributed by atoms with Crippen molar-refractivity contribution >= 4 is 17.6 Å². The number of hydrogen-bond donors (Lipinski definition) is 3. The third kappa shape index (κ3) is 6.62. The van der Waals surface area contributed by atoms with Crippen molar-refractivity contribution < 1.29 is 9.53 Å². The molecule has 7 heteroatoms. The molecule has 0 aliphatic carbocycles. The molecule has 0 saturated carbocycles. The lowest BCUT2D eigenvalue weighted by molar-refractivity contribution is -0.120. The first-order valence-electron chi connectivity index (χ1n) is 8.93. The van der Waals surface area contributed by atoms with Crippen molar-refractivity contribution in [3.8, 4) is 0 Å². The highest BCUT2D eigenvalue weighted by Crippen LogP contribution is 2.16. The van der Waals surface area contributed by atoms with Crippen LogP contribution in [0, 0.1) is 0 Å². The molecule has 1 aliphatic rings. The summed E-state index contributed by atoms with van der Waals surface area (Å²) in [5, 5.41) is 9.32. The Bertz CT molecular complexity index is 559. The lowest BCUT2D eigenvalue weighted by Gasteiger charge is -2.28. The molecule has 1 saturated heterocycles. The summed E-state index contributed by atoms with van der Waals surface area (Å²) in [6.07, 6.45) is 0. The fourth-order valence-corrected chi connectivity index (χ4v) is 2.57. The van der Waals surface area contributed by atoms with E-state index in [1.807, 2.05) is 13.8 Å². The van der Waals surface area contributed by atoms with Gasteiger partial charge < -0.3 is 25.6 Å². The smallest absolute Gasteiger partial charge is 0.239 e. The van der Waals surface area contributed by atoms with Gasteiger partial charge in [0.2, 0.25) is 5.91 Å².